The third-order valence-corrected chi connectivity index (χ3v) is 6.87. The first-order valence-electron chi connectivity index (χ1n) is 9.34. The molecule has 0 saturated carbocycles. The highest BCUT2D eigenvalue weighted by Gasteiger charge is 2.27. The van der Waals surface area contributed by atoms with Crippen molar-refractivity contribution in [2.75, 3.05) is 25.5 Å². The molecule has 1 saturated heterocycles. The van der Waals surface area contributed by atoms with Crippen LogP contribution in [0.15, 0.2) is 59.5 Å². The number of methoxy groups -OCH3 is 1. The molecule has 4 rings (SSSR count). The number of hydrogen-bond donors (Lipinski definition) is 1. The average molecular weight is 398 g/mol. The number of aromatic nitrogens is 1. The first-order valence-corrected chi connectivity index (χ1v) is 10.8. The molecule has 0 bridgehead atoms. The van der Waals surface area contributed by atoms with Crippen molar-refractivity contribution in [3.8, 4) is 5.75 Å². The second-order valence-electron chi connectivity index (χ2n) is 6.87. The van der Waals surface area contributed by atoms with Gasteiger partial charge in [0.1, 0.15) is 11.6 Å². The number of sulfonamides is 1. The van der Waals surface area contributed by atoms with Crippen molar-refractivity contribution in [3.05, 3.63) is 60.2 Å². The van der Waals surface area contributed by atoms with E-state index in [2.05, 4.69) is 10.3 Å². The standard InChI is InChI=1S/C21H23N3O3S/c1-27-18-6-4-5-16(13-18)15-22-21-10-7-17-14-19(8-9-20(17)23-21)28(25,26)24-11-2-3-12-24/h4-10,13-14H,2-3,11-12,15H2,1H3,(H,22,23). The van der Waals surface area contributed by atoms with E-state index in [0.717, 1.165) is 40.9 Å². The van der Waals surface area contributed by atoms with Crippen LogP contribution in [0.2, 0.25) is 0 Å². The van der Waals surface area contributed by atoms with E-state index in [0.29, 0.717) is 24.5 Å². The van der Waals surface area contributed by atoms with Crippen LogP contribution in [-0.2, 0) is 16.6 Å². The second kappa shape index (κ2) is 7.77. The molecule has 1 aliphatic rings. The largest absolute Gasteiger partial charge is 0.497 e. The normalized spacial score (nSPS) is 15.0. The summed E-state index contributed by atoms with van der Waals surface area (Å²) in [5.41, 5.74) is 1.85. The van der Waals surface area contributed by atoms with Gasteiger partial charge in [0, 0.05) is 25.0 Å². The van der Waals surface area contributed by atoms with Crippen LogP contribution in [0, 0.1) is 0 Å². The van der Waals surface area contributed by atoms with E-state index in [4.69, 9.17) is 4.74 Å². The molecule has 1 N–H and O–H groups in total. The van der Waals surface area contributed by atoms with E-state index in [9.17, 15) is 8.42 Å². The van der Waals surface area contributed by atoms with Crippen molar-refractivity contribution >= 4 is 26.7 Å². The summed E-state index contributed by atoms with van der Waals surface area (Å²) in [6.07, 6.45) is 1.85. The molecule has 6 nitrogen and oxygen atoms in total. The number of anilines is 1. The van der Waals surface area contributed by atoms with Crippen LogP contribution in [0.5, 0.6) is 5.75 Å². The molecule has 7 heteroatoms. The lowest BCUT2D eigenvalue weighted by Gasteiger charge is -2.16. The Morgan fingerprint density at radius 2 is 1.89 bits per heavy atom. The van der Waals surface area contributed by atoms with Gasteiger partial charge in [-0.05, 0) is 60.9 Å². The zero-order valence-electron chi connectivity index (χ0n) is 15.8. The van der Waals surface area contributed by atoms with Crippen LogP contribution < -0.4 is 10.1 Å². The molecule has 0 radical (unpaired) electrons. The minimum absolute atomic E-state index is 0.334. The van der Waals surface area contributed by atoms with E-state index in [-0.39, 0.29) is 0 Å². The van der Waals surface area contributed by atoms with Crippen LogP contribution in [0.4, 0.5) is 5.82 Å². The molecule has 146 valence electrons. The maximum Gasteiger partial charge on any atom is 0.243 e. The molecule has 28 heavy (non-hydrogen) atoms. The van der Waals surface area contributed by atoms with Crippen LogP contribution in [0.3, 0.4) is 0 Å². The Morgan fingerprint density at radius 1 is 1.07 bits per heavy atom. The quantitative estimate of drug-likeness (QED) is 0.688. The van der Waals surface area contributed by atoms with Gasteiger partial charge in [0.25, 0.3) is 0 Å². The zero-order chi connectivity index (χ0) is 19.6. The van der Waals surface area contributed by atoms with Gasteiger partial charge in [-0.1, -0.05) is 12.1 Å². The Morgan fingerprint density at radius 3 is 2.68 bits per heavy atom. The van der Waals surface area contributed by atoms with Gasteiger partial charge in [-0.15, -0.1) is 0 Å². The van der Waals surface area contributed by atoms with Crippen LogP contribution in [0.25, 0.3) is 10.9 Å². The minimum atomic E-state index is -3.42. The number of hydrogen-bond acceptors (Lipinski definition) is 5. The Bertz CT molecular complexity index is 1090. The number of ether oxygens (including phenoxy) is 1. The lowest BCUT2D eigenvalue weighted by molar-refractivity contribution is 0.414. The minimum Gasteiger partial charge on any atom is -0.497 e. The third-order valence-electron chi connectivity index (χ3n) is 4.97. The van der Waals surface area contributed by atoms with Crippen LogP contribution in [-0.4, -0.2) is 37.9 Å². The van der Waals surface area contributed by atoms with E-state index >= 15 is 0 Å². The monoisotopic (exact) mass is 397 g/mol. The van der Waals surface area contributed by atoms with Gasteiger partial charge < -0.3 is 10.1 Å². The number of nitrogens with zero attached hydrogens (tertiary/aromatic N) is 2. The summed E-state index contributed by atoms with van der Waals surface area (Å²) < 4.78 is 32.3. The summed E-state index contributed by atoms with van der Waals surface area (Å²) in [5, 5.41) is 4.11. The fourth-order valence-electron chi connectivity index (χ4n) is 3.42. The van der Waals surface area contributed by atoms with E-state index < -0.39 is 10.0 Å². The highest BCUT2D eigenvalue weighted by molar-refractivity contribution is 7.89. The van der Waals surface area contributed by atoms with Crippen molar-refractivity contribution in [3.63, 3.8) is 0 Å². The molecule has 0 unspecified atom stereocenters. The molecule has 0 spiro atoms. The molecule has 0 atom stereocenters. The van der Waals surface area contributed by atoms with Gasteiger partial charge in [-0.2, -0.15) is 4.31 Å². The first kappa shape index (κ1) is 18.7. The van der Waals surface area contributed by atoms with Crippen LogP contribution in [0.1, 0.15) is 18.4 Å². The van der Waals surface area contributed by atoms with Crippen molar-refractivity contribution < 1.29 is 13.2 Å². The van der Waals surface area contributed by atoms with Gasteiger partial charge in [0.05, 0.1) is 17.5 Å². The Balaban J connectivity index is 1.53. The SMILES string of the molecule is COc1cccc(CNc2ccc3cc(S(=O)(=O)N4CCCC4)ccc3n2)c1. The van der Waals surface area contributed by atoms with Gasteiger partial charge in [0.2, 0.25) is 10.0 Å². The first-order chi connectivity index (χ1) is 13.6. The molecule has 1 aromatic heterocycles. The molecule has 2 heterocycles. The number of fused-ring (bicyclic) bond motifs is 1. The summed E-state index contributed by atoms with van der Waals surface area (Å²) >= 11 is 0. The second-order valence-corrected chi connectivity index (χ2v) is 8.81. The zero-order valence-corrected chi connectivity index (χ0v) is 16.6. The Hall–Kier alpha value is -2.64. The van der Waals surface area contributed by atoms with E-state index in [1.807, 2.05) is 36.4 Å². The number of benzene rings is 2. The van der Waals surface area contributed by atoms with Crippen molar-refractivity contribution in [2.24, 2.45) is 0 Å². The van der Waals surface area contributed by atoms with Gasteiger partial charge in [-0.25, -0.2) is 13.4 Å². The summed E-state index contributed by atoms with van der Waals surface area (Å²) in [5.74, 6) is 1.56. The topological polar surface area (TPSA) is 71.5 Å². The summed E-state index contributed by atoms with van der Waals surface area (Å²) in [7, 11) is -1.77. The van der Waals surface area contributed by atoms with Crippen LogP contribution >= 0.6 is 0 Å². The van der Waals surface area contributed by atoms with E-state index in [1.165, 1.54) is 0 Å². The Kier molecular flexibility index (Phi) is 5.19. The molecule has 3 aromatic rings. The summed E-state index contributed by atoms with van der Waals surface area (Å²) in [6.45, 7) is 1.83. The molecular formula is C21H23N3O3S. The van der Waals surface area contributed by atoms with Crippen molar-refractivity contribution in [2.45, 2.75) is 24.3 Å². The number of nitrogens with one attached hydrogen (secondary N) is 1. The van der Waals surface area contributed by atoms with Crippen molar-refractivity contribution in [1.29, 1.82) is 0 Å². The number of pyridine rings is 1. The molecule has 1 fully saturated rings. The Labute approximate surface area is 165 Å². The highest BCUT2D eigenvalue weighted by Crippen LogP contribution is 2.25. The lowest BCUT2D eigenvalue weighted by Crippen LogP contribution is -2.27. The molecule has 0 amide bonds. The maximum absolute atomic E-state index is 12.7. The highest BCUT2D eigenvalue weighted by atomic mass is 32.2. The van der Waals surface area contributed by atoms with Gasteiger partial charge >= 0.3 is 0 Å². The predicted octanol–water partition coefficient (Wildman–Crippen LogP) is 3.64. The molecule has 1 aliphatic heterocycles. The average Bonchev–Trinajstić information content (AvgIpc) is 3.27. The predicted molar refractivity (Wildman–Crippen MR) is 110 cm³/mol. The van der Waals surface area contributed by atoms with Gasteiger partial charge in [0.15, 0.2) is 0 Å². The lowest BCUT2D eigenvalue weighted by atomic mass is 10.2. The van der Waals surface area contributed by atoms with Gasteiger partial charge in [-0.3, -0.25) is 0 Å². The third kappa shape index (κ3) is 3.81. The fourth-order valence-corrected chi connectivity index (χ4v) is 4.97. The molecule has 0 aliphatic carbocycles. The molecule has 2 aromatic carbocycles. The molecular weight excluding hydrogens is 374 g/mol. The van der Waals surface area contributed by atoms with Crippen molar-refractivity contribution in [1.82, 2.24) is 9.29 Å². The maximum atomic E-state index is 12.7. The summed E-state index contributed by atoms with van der Waals surface area (Å²) in [4.78, 5) is 4.94. The summed E-state index contributed by atoms with van der Waals surface area (Å²) in [6, 6.07) is 16.8. The van der Waals surface area contributed by atoms with E-state index in [1.54, 1.807) is 29.6 Å². The number of rotatable bonds is 6. The smallest absolute Gasteiger partial charge is 0.243 e. The fraction of sp³-hybridized carbons (Fsp3) is 0.286.